The number of hydrogen-bond acceptors (Lipinski definition) is 9. The van der Waals surface area contributed by atoms with Gasteiger partial charge in [0.1, 0.15) is 5.75 Å². The maximum Gasteiger partial charge on any atom is 0.228 e. The lowest BCUT2D eigenvalue weighted by Gasteiger charge is -2.11. The van der Waals surface area contributed by atoms with E-state index in [0.717, 1.165) is 17.7 Å². The van der Waals surface area contributed by atoms with Crippen LogP contribution in [0.5, 0.6) is 5.75 Å². The number of anilines is 2. The standard InChI is InChI=1S/C25H34N6O3/c1-19-3-7-21(8-4-19)23-29-24(27-13-11-20-5-9-22(32-2)10-6-20)31-25(30-23)28-14-16-34-18-17-33-15-12-26/h3-10H,11-18,26H2,1-2H3,(H2,27,28,29,30,31). The highest BCUT2D eigenvalue weighted by Gasteiger charge is 2.09. The molecule has 0 saturated carbocycles. The molecule has 0 unspecified atom stereocenters. The minimum absolute atomic E-state index is 0.500. The van der Waals surface area contributed by atoms with E-state index in [4.69, 9.17) is 19.9 Å². The van der Waals surface area contributed by atoms with Crippen molar-refractivity contribution in [3.8, 4) is 17.1 Å². The summed E-state index contributed by atoms with van der Waals surface area (Å²) in [6.07, 6.45) is 0.832. The molecule has 9 heteroatoms. The minimum atomic E-state index is 0.500. The van der Waals surface area contributed by atoms with Crippen molar-refractivity contribution in [1.82, 2.24) is 15.0 Å². The van der Waals surface area contributed by atoms with Gasteiger partial charge in [-0.2, -0.15) is 15.0 Å². The molecule has 182 valence electrons. The van der Waals surface area contributed by atoms with Gasteiger partial charge in [-0.15, -0.1) is 0 Å². The van der Waals surface area contributed by atoms with Gasteiger partial charge in [0, 0.05) is 25.2 Å². The maximum absolute atomic E-state index is 5.57. The van der Waals surface area contributed by atoms with Crippen molar-refractivity contribution < 1.29 is 14.2 Å². The fourth-order valence-electron chi connectivity index (χ4n) is 3.12. The molecule has 0 aliphatic carbocycles. The summed E-state index contributed by atoms with van der Waals surface area (Å²) in [5, 5.41) is 6.55. The summed E-state index contributed by atoms with van der Waals surface area (Å²) in [7, 11) is 1.67. The molecule has 0 amide bonds. The average molecular weight is 467 g/mol. The number of aromatic nitrogens is 3. The quantitative estimate of drug-likeness (QED) is 0.291. The van der Waals surface area contributed by atoms with Gasteiger partial charge in [0.05, 0.1) is 33.5 Å². The van der Waals surface area contributed by atoms with Crippen molar-refractivity contribution in [2.75, 3.05) is 63.8 Å². The van der Waals surface area contributed by atoms with Gasteiger partial charge < -0.3 is 30.6 Å². The Kier molecular flexibility index (Phi) is 10.5. The molecule has 4 N–H and O–H groups in total. The van der Waals surface area contributed by atoms with Gasteiger partial charge in [-0.05, 0) is 31.0 Å². The van der Waals surface area contributed by atoms with Gasteiger partial charge in [0.15, 0.2) is 5.82 Å². The van der Waals surface area contributed by atoms with Crippen molar-refractivity contribution in [1.29, 1.82) is 0 Å². The molecule has 1 heterocycles. The number of aryl methyl sites for hydroxylation is 1. The van der Waals surface area contributed by atoms with E-state index >= 15 is 0 Å². The number of nitrogens with zero attached hydrogens (tertiary/aromatic N) is 3. The Bertz CT molecular complexity index is 983. The first kappa shape index (κ1) is 25.4. The van der Waals surface area contributed by atoms with E-state index in [1.807, 2.05) is 36.4 Å². The van der Waals surface area contributed by atoms with Crippen LogP contribution in [-0.2, 0) is 15.9 Å². The summed E-state index contributed by atoms with van der Waals surface area (Å²) in [5.74, 6) is 2.48. The van der Waals surface area contributed by atoms with Gasteiger partial charge in [-0.3, -0.25) is 0 Å². The molecule has 0 radical (unpaired) electrons. The van der Waals surface area contributed by atoms with Gasteiger partial charge in [-0.1, -0.05) is 42.0 Å². The summed E-state index contributed by atoms with van der Waals surface area (Å²) in [6.45, 7) is 5.93. The Labute approximate surface area is 201 Å². The van der Waals surface area contributed by atoms with Gasteiger partial charge in [0.25, 0.3) is 0 Å². The van der Waals surface area contributed by atoms with Crippen LogP contribution in [0.1, 0.15) is 11.1 Å². The Hall–Kier alpha value is -3.27. The fraction of sp³-hybridized carbons (Fsp3) is 0.400. The van der Waals surface area contributed by atoms with Crippen LogP contribution in [0.4, 0.5) is 11.9 Å². The number of rotatable bonds is 15. The van der Waals surface area contributed by atoms with Crippen LogP contribution >= 0.6 is 0 Å². The van der Waals surface area contributed by atoms with Gasteiger partial charge in [0.2, 0.25) is 11.9 Å². The smallest absolute Gasteiger partial charge is 0.228 e. The number of ether oxygens (including phenoxy) is 3. The molecule has 2 aromatic carbocycles. The van der Waals surface area contributed by atoms with E-state index < -0.39 is 0 Å². The van der Waals surface area contributed by atoms with E-state index in [0.29, 0.717) is 63.8 Å². The zero-order valence-corrected chi connectivity index (χ0v) is 19.9. The number of nitrogens with one attached hydrogen (secondary N) is 2. The Balaban J connectivity index is 1.59. The second-order valence-corrected chi connectivity index (χ2v) is 7.64. The maximum atomic E-state index is 5.57. The Morgan fingerprint density at radius 3 is 2.06 bits per heavy atom. The fourth-order valence-corrected chi connectivity index (χ4v) is 3.12. The largest absolute Gasteiger partial charge is 0.497 e. The molecule has 0 saturated heterocycles. The lowest BCUT2D eigenvalue weighted by molar-refractivity contribution is 0.0547. The van der Waals surface area contributed by atoms with E-state index in [1.165, 1.54) is 11.1 Å². The summed E-state index contributed by atoms with van der Waals surface area (Å²) in [4.78, 5) is 13.8. The summed E-state index contributed by atoms with van der Waals surface area (Å²) >= 11 is 0. The molecule has 0 bridgehead atoms. The monoisotopic (exact) mass is 466 g/mol. The highest BCUT2D eigenvalue weighted by molar-refractivity contribution is 5.58. The predicted octanol–water partition coefficient (Wildman–Crippen LogP) is 2.91. The third-order valence-corrected chi connectivity index (χ3v) is 4.96. The zero-order chi connectivity index (χ0) is 24.0. The van der Waals surface area contributed by atoms with Gasteiger partial charge in [-0.25, -0.2) is 0 Å². The van der Waals surface area contributed by atoms with Crippen molar-refractivity contribution >= 4 is 11.9 Å². The van der Waals surface area contributed by atoms with Crippen LogP contribution in [0.15, 0.2) is 48.5 Å². The number of benzene rings is 2. The first-order valence-corrected chi connectivity index (χ1v) is 11.5. The van der Waals surface area contributed by atoms with Gasteiger partial charge >= 0.3 is 0 Å². The van der Waals surface area contributed by atoms with Crippen LogP contribution in [0.3, 0.4) is 0 Å². The van der Waals surface area contributed by atoms with Crippen LogP contribution in [0.2, 0.25) is 0 Å². The van der Waals surface area contributed by atoms with Crippen molar-refractivity contribution in [2.45, 2.75) is 13.3 Å². The average Bonchev–Trinajstić information content (AvgIpc) is 2.86. The number of methoxy groups -OCH3 is 1. The lowest BCUT2D eigenvalue weighted by Crippen LogP contribution is -2.17. The normalized spacial score (nSPS) is 10.8. The highest BCUT2D eigenvalue weighted by Crippen LogP contribution is 2.19. The molecule has 1 aromatic heterocycles. The van der Waals surface area contributed by atoms with Crippen LogP contribution < -0.4 is 21.1 Å². The molecule has 3 aromatic rings. The SMILES string of the molecule is COc1ccc(CCNc2nc(NCCOCCOCCN)nc(-c3ccc(C)cc3)n2)cc1. The molecule has 34 heavy (non-hydrogen) atoms. The van der Waals surface area contributed by atoms with E-state index in [2.05, 4.69) is 44.6 Å². The van der Waals surface area contributed by atoms with Crippen molar-refractivity contribution in [3.05, 3.63) is 59.7 Å². The van der Waals surface area contributed by atoms with Crippen LogP contribution in [0.25, 0.3) is 11.4 Å². The molecule has 0 spiro atoms. The molecule has 9 nitrogen and oxygen atoms in total. The molecule has 0 aliphatic rings. The first-order chi connectivity index (χ1) is 16.7. The Morgan fingerprint density at radius 2 is 1.41 bits per heavy atom. The van der Waals surface area contributed by atoms with E-state index in [-0.39, 0.29) is 0 Å². The first-order valence-electron chi connectivity index (χ1n) is 11.5. The third-order valence-electron chi connectivity index (χ3n) is 4.96. The molecule has 0 aliphatic heterocycles. The summed E-state index contributed by atoms with van der Waals surface area (Å²) < 4.78 is 16.1. The third kappa shape index (κ3) is 8.58. The second kappa shape index (κ2) is 14.1. The van der Waals surface area contributed by atoms with Crippen LogP contribution in [-0.4, -0.2) is 68.1 Å². The molecule has 3 rings (SSSR count). The number of hydrogen-bond donors (Lipinski definition) is 3. The molecule has 0 atom stereocenters. The van der Waals surface area contributed by atoms with E-state index in [9.17, 15) is 0 Å². The van der Waals surface area contributed by atoms with Crippen molar-refractivity contribution in [2.24, 2.45) is 5.73 Å². The summed E-state index contributed by atoms with van der Waals surface area (Å²) in [5.41, 5.74) is 8.71. The minimum Gasteiger partial charge on any atom is -0.497 e. The highest BCUT2D eigenvalue weighted by atomic mass is 16.5. The lowest BCUT2D eigenvalue weighted by atomic mass is 10.1. The molecule has 0 fully saturated rings. The predicted molar refractivity (Wildman–Crippen MR) is 134 cm³/mol. The second-order valence-electron chi connectivity index (χ2n) is 7.64. The molecular formula is C25H34N6O3. The zero-order valence-electron chi connectivity index (χ0n) is 19.9. The number of nitrogens with two attached hydrogens (primary N) is 1. The summed E-state index contributed by atoms with van der Waals surface area (Å²) in [6, 6.07) is 16.1. The van der Waals surface area contributed by atoms with E-state index in [1.54, 1.807) is 7.11 Å². The van der Waals surface area contributed by atoms with Crippen LogP contribution in [0, 0.1) is 6.92 Å². The van der Waals surface area contributed by atoms with Crippen molar-refractivity contribution in [3.63, 3.8) is 0 Å². The Morgan fingerprint density at radius 1 is 0.765 bits per heavy atom. The topological polar surface area (TPSA) is 116 Å². The molecular weight excluding hydrogens is 432 g/mol.